The molecule has 1 amide bonds. The van der Waals surface area contributed by atoms with Gasteiger partial charge in [-0.3, -0.25) is 9.59 Å². The first kappa shape index (κ1) is 16.5. The molecule has 1 N–H and O–H groups in total. The van der Waals surface area contributed by atoms with Gasteiger partial charge in [-0.2, -0.15) is 0 Å². The molecular formula is C14H15Cl2NO3S. The highest BCUT2D eigenvalue weighted by molar-refractivity contribution is 8.00. The first-order valence-corrected chi connectivity index (χ1v) is 8.24. The van der Waals surface area contributed by atoms with Crippen LogP contribution in [-0.2, 0) is 9.59 Å². The standard InChI is InChI=1S/C14H15Cl2NO3S/c1-8-10(14(19)20)4-5-17(8)13(18)7-21-12-6-9(15)2-3-11(12)16/h2-3,6,8,10H,4-5,7H2,1H3,(H,19,20). The van der Waals surface area contributed by atoms with Crippen LogP contribution in [0.3, 0.4) is 0 Å². The van der Waals surface area contributed by atoms with Gasteiger partial charge in [-0.1, -0.05) is 23.2 Å². The molecule has 2 rings (SSSR count). The van der Waals surface area contributed by atoms with Crippen molar-refractivity contribution in [3.63, 3.8) is 0 Å². The average Bonchev–Trinajstić information content (AvgIpc) is 2.81. The van der Waals surface area contributed by atoms with Gasteiger partial charge >= 0.3 is 5.97 Å². The minimum Gasteiger partial charge on any atom is -0.481 e. The minimum atomic E-state index is -0.844. The first-order valence-electron chi connectivity index (χ1n) is 6.50. The van der Waals surface area contributed by atoms with Gasteiger partial charge in [0.05, 0.1) is 16.7 Å². The van der Waals surface area contributed by atoms with Gasteiger partial charge in [-0.25, -0.2) is 0 Å². The van der Waals surface area contributed by atoms with Gasteiger partial charge in [0.25, 0.3) is 0 Å². The number of nitrogens with zero attached hydrogens (tertiary/aromatic N) is 1. The fourth-order valence-electron chi connectivity index (χ4n) is 2.43. The number of rotatable bonds is 4. The van der Waals surface area contributed by atoms with Crippen molar-refractivity contribution in [2.75, 3.05) is 12.3 Å². The maximum absolute atomic E-state index is 12.2. The summed E-state index contributed by atoms with van der Waals surface area (Å²) in [6, 6.07) is 4.83. The Hall–Kier alpha value is -0.910. The van der Waals surface area contributed by atoms with Gasteiger partial charge in [0.1, 0.15) is 0 Å². The van der Waals surface area contributed by atoms with Crippen molar-refractivity contribution in [3.05, 3.63) is 28.2 Å². The van der Waals surface area contributed by atoms with Gasteiger partial charge in [-0.05, 0) is 31.5 Å². The Morgan fingerprint density at radius 2 is 2.14 bits per heavy atom. The Morgan fingerprint density at radius 3 is 2.76 bits per heavy atom. The van der Waals surface area contributed by atoms with E-state index in [1.54, 1.807) is 30.0 Å². The Balaban J connectivity index is 1.96. The van der Waals surface area contributed by atoms with E-state index >= 15 is 0 Å². The van der Waals surface area contributed by atoms with Crippen molar-refractivity contribution in [3.8, 4) is 0 Å². The second-order valence-electron chi connectivity index (χ2n) is 4.92. The van der Waals surface area contributed by atoms with Crippen LogP contribution in [0.15, 0.2) is 23.1 Å². The molecule has 1 aromatic carbocycles. The van der Waals surface area contributed by atoms with E-state index in [1.807, 2.05) is 0 Å². The summed E-state index contributed by atoms with van der Waals surface area (Å²) in [6.45, 7) is 2.27. The molecule has 2 unspecified atom stereocenters. The second-order valence-corrected chi connectivity index (χ2v) is 6.79. The number of thioether (sulfide) groups is 1. The number of likely N-dealkylation sites (tertiary alicyclic amines) is 1. The highest BCUT2D eigenvalue weighted by atomic mass is 35.5. The molecule has 1 aliphatic rings. The molecule has 0 bridgehead atoms. The average molecular weight is 348 g/mol. The van der Waals surface area contributed by atoms with Crippen molar-refractivity contribution < 1.29 is 14.7 Å². The van der Waals surface area contributed by atoms with Crippen LogP contribution < -0.4 is 0 Å². The zero-order valence-corrected chi connectivity index (χ0v) is 13.7. The number of hydrogen-bond acceptors (Lipinski definition) is 3. The summed E-state index contributed by atoms with van der Waals surface area (Å²) < 4.78 is 0. The Labute approximate surface area is 137 Å². The molecule has 0 aliphatic carbocycles. The molecule has 4 nitrogen and oxygen atoms in total. The molecule has 21 heavy (non-hydrogen) atoms. The number of carbonyl (C=O) groups excluding carboxylic acids is 1. The largest absolute Gasteiger partial charge is 0.481 e. The van der Waals surface area contributed by atoms with Crippen LogP contribution in [0.5, 0.6) is 0 Å². The summed E-state index contributed by atoms with van der Waals surface area (Å²) in [5.41, 5.74) is 0. The lowest BCUT2D eigenvalue weighted by atomic mass is 10.0. The molecule has 114 valence electrons. The van der Waals surface area contributed by atoms with Gasteiger partial charge < -0.3 is 10.0 Å². The highest BCUT2D eigenvalue weighted by Gasteiger charge is 2.37. The van der Waals surface area contributed by atoms with E-state index in [-0.39, 0.29) is 17.7 Å². The summed E-state index contributed by atoms with van der Waals surface area (Å²) in [5, 5.41) is 10.2. The molecule has 0 saturated carbocycles. The van der Waals surface area contributed by atoms with Crippen molar-refractivity contribution in [2.45, 2.75) is 24.3 Å². The van der Waals surface area contributed by atoms with Crippen LogP contribution >= 0.6 is 35.0 Å². The molecule has 0 radical (unpaired) electrons. The third kappa shape index (κ3) is 3.84. The lowest BCUT2D eigenvalue weighted by molar-refractivity contribution is -0.142. The van der Waals surface area contributed by atoms with Gasteiger partial charge in [0.15, 0.2) is 0 Å². The Kier molecular flexibility index (Phi) is 5.41. The maximum atomic E-state index is 12.2. The summed E-state index contributed by atoms with van der Waals surface area (Å²) >= 11 is 13.3. The zero-order valence-electron chi connectivity index (χ0n) is 11.4. The quantitative estimate of drug-likeness (QED) is 0.848. The summed E-state index contributed by atoms with van der Waals surface area (Å²) in [6.07, 6.45) is 0.505. The number of halogens is 2. The molecule has 0 spiro atoms. The van der Waals surface area contributed by atoms with E-state index in [9.17, 15) is 9.59 Å². The van der Waals surface area contributed by atoms with E-state index in [0.29, 0.717) is 23.0 Å². The third-order valence-electron chi connectivity index (χ3n) is 3.64. The van der Waals surface area contributed by atoms with E-state index in [1.165, 1.54) is 11.8 Å². The molecule has 1 fully saturated rings. The monoisotopic (exact) mass is 347 g/mol. The van der Waals surface area contributed by atoms with E-state index in [0.717, 1.165) is 4.90 Å². The molecule has 1 saturated heterocycles. The smallest absolute Gasteiger partial charge is 0.308 e. The number of carbonyl (C=O) groups is 2. The number of carboxylic acid groups (broad SMARTS) is 1. The van der Waals surface area contributed by atoms with E-state index < -0.39 is 11.9 Å². The van der Waals surface area contributed by atoms with E-state index in [4.69, 9.17) is 28.3 Å². The maximum Gasteiger partial charge on any atom is 0.308 e. The zero-order chi connectivity index (χ0) is 15.6. The van der Waals surface area contributed by atoms with Gasteiger partial charge in [0, 0.05) is 22.5 Å². The topological polar surface area (TPSA) is 57.6 Å². The van der Waals surface area contributed by atoms with Crippen LogP contribution in [0.25, 0.3) is 0 Å². The summed E-state index contributed by atoms with van der Waals surface area (Å²) in [5.74, 6) is -1.18. The minimum absolute atomic E-state index is 0.0766. The first-order chi connectivity index (χ1) is 9.90. The molecule has 1 aromatic rings. The van der Waals surface area contributed by atoms with Crippen LogP contribution in [0.1, 0.15) is 13.3 Å². The molecule has 7 heteroatoms. The summed E-state index contributed by atoms with van der Waals surface area (Å²) in [7, 11) is 0. The number of aliphatic carboxylic acids is 1. The van der Waals surface area contributed by atoms with Gasteiger partial charge in [-0.15, -0.1) is 11.8 Å². The number of hydrogen-bond donors (Lipinski definition) is 1. The Bertz CT molecular complexity index is 567. The lowest BCUT2D eigenvalue weighted by Crippen LogP contribution is -2.38. The normalized spacial score (nSPS) is 21.6. The number of carboxylic acids is 1. The fourth-order valence-corrected chi connectivity index (χ4v) is 3.81. The molecule has 0 aromatic heterocycles. The predicted molar refractivity (Wildman–Crippen MR) is 84.1 cm³/mol. The van der Waals surface area contributed by atoms with Crippen LogP contribution in [0.2, 0.25) is 10.0 Å². The highest BCUT2D eigenvalue weighted by Crippen LogP contribution is 2.31. The van der Waals surface area contributed by atoms with Crippen molar-refractivity contribution in [1.82, 2.24) is 4.90 Å². The fraction of sp³-hybridized carbons (Fsp3) is 0.429. The molecular weight excluding hydrogens is 333 g/mol. The van der Waals surface area contributed by atoms with Crippen LogP contribution in [0.4, 0.5) is 0 Å². The van der Waals surface area contributed by atoms with Gasteiger partial charge in [0.2, 0.25) is 5.91 Å². The lowest BCUT2D eigenvalue weighted by Gasteiger charge is -2.23. The molecule has 1 aliphatic heterocycles. The number of benzene rings is 1. The van der Waals surface area contributed by atoms with E-state index in [2.05, 4.69) is 0 Å². The van der Waals surface area contributed by atoms with Crippen LogP contribution in [-0.4, -0.2) is 40.2 Å². The Morgan fingerprint density at radius 1 is 1.43 bits per heavy atom. The third-order valence-corrected chi connectivity index (χ3v) is 5.35. The SMILES string of the molecule is CC1C(C(=O)O)CCN1C(=O)CSc1cc(Cl)ccc1Cl. The second kappa shape index (κ2) is 6.90. The van der Waals surface area contributed by atoms with Crippen molar-refractivity contribution in [1.29, 1.82) is 0 Å². The van der Waals surface area contributed by atoms with Crippen molar-refractivity contribution >= 4 is 46.8 Å². The molecule has 2 atom stereocenters. The predicted octanol–water partition coefficient (Wildman–Crippen LogP) is 3.41. The summed E-state index contributed by atoms with van der Waals surface area (Å²) in [4.78, 5) is 25.7. The number of amides is 1. The van der Waals surface area contributed by atoms with Crippen LogP contribution in [0, 0.1) is 5.92 Å². The van der Waals surface area contributed by atoms with Crippen molar-refractivity contribution in [2.24, 2.45) is 5.92 Å². The molecule has 1 heterocycles.